The summed E-state index contributed by atoms with van der Waals surface area (Å²) in [6.07, 6.45) is 3.32. The van der Waals surface area contributed by atoms with Crippen LogP contribution in [-0.4, -0.2) is 18.0 Å². The van der Waals surface area contributed by atoms with Gasteiger partial charge in [-0.25, -0.2) is 0 Å². The number of nitrogens with zero attached hydrogens (tertiary/aromatic N) is 2. The van der Waals surface area contributed by atoms with Gasteiger partial charge in [-0.3, -0.25) is 0 Å². The number of rotatable bonds is 4. The average molecular weight is 738 g/mol. The second-order valence-electron chi connectivity index (χ2n) is 11.0. The third kappa shape index (κ3) is 6.67. The van der Waals surface area contributed by atoms with E-state index in [-0.39, 0.29) is 25.7 Å². The zero-order valence-corrected chi connectivity index (χ0v) is 27.6. The summed E-state index contributed by atoms with van der Waals surface area (Å²) in [5.41, 5.74) is 5.32. The van der Waals surface area contributed by atoms with Crippen molar-refractivity contribution in [3.63, 3.8) is 0 Å². The molecule has 6 rings (SSSR count). The quantitative estimate of drug-likeness (QED) is 0.133. The van der Waals surface area contributed by atoms with Crippen molar-refractivity contribution in [1.29, 1.82) is 0 Å². The van der Waals surface area contributed by atoms with Crippen LogP contribution in [0.3, 0.4) is 0 Å². The van der Waals surface area contributed by atoms with E-state index >= 15 is 0 Å². The fourth-order valence-electron chi connectivity index (χ4n) is 4.45. The van der Waals surface area contributed by atoms with E-state index in [1.807, 2.05) is 41.8 Å². The molecular formula is C35H34IrN2SSi-2. The second-order valence-corrected chi connectivity index (χ2v) is 17.1. The summed E-state index contributed by atoms with van der Waals surface area (Å²) < 4.78 is 24.4. The van der Waals surface area contributed by atoms with Crippen molar-refractivity contribution in [3.8, 4) is 22.5 Å². The van der Waals surface area contributed by atoms with E-state index in [0.717, 1.165) is 22.5 Å². The summed E-state index contributed by atoms with van der Waals surface area (Å²) >= 11 is 1.88. The standard InChI is InChI=1S/C23H24NSSi.C12H10N.Ir/c1-15(2)16-11-12-24-21(13-16)20-8-6-7-19-18-10-9-17(26(3,4)5)14-22(18)25-23(19)20;1-10-7-8-12(13-9-10)11-5-3-2-4-6-11;/h6-7,9-15H,1-5H3;2-5,7-9H,1H3;/q2*-1;/i;1D3;. The minimum Gasteiger partial charge on any atom is -0.305 e. The van der Waals surface area contributed by atoms with Gasteiger partial charge in [-0.15, -0.1) is 59.7 Å². The molecule has 5 heteroatoms. The van der Waals surface area contributed by atoms with Gasteiger partial charge in [0.25, 0.3) is 0 Å². The van der Waals surface area contributed by atoms with Crippen molar-refractivity contribution in [1.82, 2.24) is 9.97 Å². The summed E-state index contributed by atoms with van der Waals surface area (Å²) in [5, 5.41) is 4.18. The van der Waals surface area contributed by atoms with Crippen molar-refractivity contribution in [2.45, 2.75) is 46.3 Å². The summed E-state index contributed by atoms with van der Waals surface area (Å²) in [7, 11) is -1.31. The van der Waals surface area contributed by atoms with E-state index in [0.29, 0.717) is 5.92 Å². The van der Waals surface area contributed by atoms with Crippen molar-refractivity contribution < 1.29 is 24.2 Å². The first kappa shape index (κ1) is 26.0. The van der Waals surface area contributed by atoms with Crippen LogP contribution in [0.15, 0.2) is 91.3 Å². The van der Waals surface area contributed by atoms with Crippen LogP contribution in [0, 0.1) is 19.0 Å². The number of aromatic nitrogens is 2. The Morgan fingerprint density at radius 1 is 0.850 bits per heavy atom. The Morgan fingerprint density at radius 2 is 1.70 bits per heavy atom. The molecule has 0 aliphatic rings. The Kier molecular flexibility index (Phi) is 8.25. The molecule has 3 aromatic heterocycles. The molecule has 3 heterocycles. The van der Waals surface area contributed by atoms with Gasteiger partial charge in [0.15, 0.2) is 0 Å². The van der Waals surface area contributed by atoms with Gasteiger partial charge >= 0.3 is 0 Å². The molecule has 0 spiro atoms. The Morgan fingerprint density at radius 3 is 2.38 bits per heavy atom. The van der Waals surface area contributed by atoms with Gasteiger partial charge in [-0.05, 0) is 51.9 Å². The van der Waals surface area contributed by atoms with E-state index < -0.39 is 14.9 Å². The first-order valence-corrected chi connectivity index (χ1v) is 17.5. The van der Waals surface area contributed by atoms with Crippen LogP contribution in [0.5, 0.6) is 0 Å². The fraction of sp³-hybridized carbons (Fsp3) is 0.200. The zero-order chi connectivity index (χ0) is 30.1. The largest absolute Gasteiger partial charge is 0.305 e. The van der Waals surface area contributed by atoms with Crippen LogP contribution in [0.25, 0.3) is 42.7 Å². The molecular weight excluding hydrogens is 701 g/mol. The Labute approximate surface area is 261 Å². The summed E-state index contributed by atoms with van der Waals surface area (Å²) in [5.74, 6) is 0.498. The monoisotopic (exact) mass is 738 g/mol. The van der Waals surface area contributed by atoms with E-state index in [4.69, 9.17) is 4.11 Å². The smallest absolute Gasteiger partial charge is 0.0776 e. The summed E-state index contributed by atoms with van der Waals surface area (Å²) in [4.78, 5) is 8.78. The summed E-state index contributed by atoms with van der Waals surface area (Å²) in [6.45, 7) is 9.57. The topological polar surface area (TPSA) is 25.8 Å². The third-order valence-electron chi connectivity index (χ3n) is 6.75. The van der Waals surface area contributed by atoms with Crippen molar-refractivity contribution in [3.05, 3.63) is 115 Å². The van der Waals surface area contributed by atoms with Crippen LogP contribution in [0.1, 0.15) is 35.0 Å². The Balaban J connectivity index is 0.000000215. The number of thiophene rings is 1. The van der Waals surface area contributed by atoms with Crippen LogP contribution in [0.2, 0.25) is 19.6 Å². The molecule has 3 aromatic carbocycles. The van der Waals surface area contributed by atoms with Gasteiger partial charge in [-0.2, -0.15) is 11.3 Å². The number of fused-ring (bicyclic) bond motifs is 3. The normalized spacial score (nSPS) is 12.7. The molecule has 0 aliphatic carbocycles. The molecule has 6 aromatic rings. The molecule has 0 atom stereocenters. The van der Waals surface area contributed by atoms with Crippen LogP contribution in [-0.2, 0) is 20.1 Å². The third-order valence-corrected chi connectivity index (χ3v) is 9.98. The average Bonchev–Trinajstić information content (AvgIpc) is 3.35. The predicted molar refractivity (Wildman–Crippen MR) is 172 cm³/mol. The minimum absolute atomic E-state index is 0. The first-order chi connectivity index (χ1) is 19.9. The summed E-state index contributed by atoms with van der Waals surface area (Å²) in [6, 6.07) is 32.8. The molecule has 0 aliphatic heterocycles. The molecule has 1 radical (unpaired) electrons. The molecule has 0 bridgehead atoms. The molecule has 40 heavy (non-hydrogen) atoms. The minimum atomic E-state index is -2.09. The second kappa shape index (κ2) is 12.7. The van der Waals surface area contributed by atoms with E-state index in [2.05, 4.69) is 92.0 Å². The molecule has 0 N–H and O–H groups in total. The molecule has 0 fully saturated rings. The van der Waals surface area contributed by atoms with E-state index in [9.17, 15) is 0 Å². The maximum Gasteiger partial charge on any atom is 0.0776 e. The Hall–Kier alpha value is -2.95. The van der Waals surface area contributed by atoms with Crippen LogP contribution < -0.4 is 5.19 Å². The van der Waals surface area contributed by atoms with E-state index in [1.54, 1.807) is 18.2 Å². The number of aryl methyl sites for hydroxylation is 1. The van der Waals surface area contributed by atoms with Crippen LogP contribution in [0.4, 0.5) is 0 Å². The fourth-order valence-corrected chi connectivity index (χ4v) is 6.96. The van der Waals surface area contributed by atoms with Crippen molar-refractivity contribution in [2.75, 3.05) is 0 Å². The molecule has 205 valence electrons. The number of hydrogen-bond acceptors (Lipinski definition) is 3. The molecule has 0 saturated carbocycles. The predicted octanol–water partition coefficient (Wildman–Crippen LogP) is 9.44. The zero-order valence-electron chi connectivity index (χ0n) is 26.4. The number of benzene rings is 3. The SMILES string of the molecule is CC(C)c1ccnc(-c2[c-]ccc3c2sc2cc([Si](C)(C)C)ccc23)c1.[2H]C([2H])([2H])c1ccc(-c2[c-]cccc2)nc1.[Ir]. The van der Waals surface area contributed by atoms with Crippen molar-refractivity contribution in [2.24, 2.45) is 0 Å². The first-order valence-electron chi connectivity index (χ1n) is 14.7. The van der Waals surface area contributed by atoms with Gasteiger partial charge in [0.2, 0.25) is 0 Å². The number of hydrogen-bond donors (Lipinski definition) is 0. The van der Waals surface area contributed by atoms with Crippen molar-refractivity contribution >= 4 is 44.8 Å². The molecule has 0 unspecified atom stereocenters. The van der Waals surface area contributed by atoms with Crippen LogP contribution >= 0.6 is 11.3 Å². The maximum absolute atomic E-state index is 7.23. The van der Waals surface area contributed by atoms with E-state index in [1.165, 1.54) is 37.1 Å². The van der Waals surface area contributed by atoms with Gasteiger partial charge in [0.05, 0.1) is 8.07 Å². The Bertz CT molecular complexity index is 1830. The molecule has 2 nitrogen and oxygen atoms in total. The van der Waals surface area contributed by atoms with Gasteiger partial charge < -0.3 is 9.97 Å². The molecule has 0 saturated heterocycles. The van der Waals surface area contributed by atoms with Gasteiger partial charge in [0, 0.05) is 41.3 Å². The number of pyridine rings is 2. The molecule has 0 amide bonds. The van der Waals surface area contributed by atoms with Gasteiger partial charge in [0.1, 0.15) is 0 Å². The van der Waals surface area contributed by atoms with Gasteiger partial charge in [-0.1, -0.05) is 80.0 Å². The maximum atomic E-state index is 7.23.